The van der Waals surface area contributed by atoms with Crippen LogP contribution in [0.4, 0.5) is 0 Å². The molecule has 0 spiro atoms. The normalized spacial score (nSPS) is 19.1. The highest BCUT2D eigenvalue weighted by Gasteiger charge is 2.12. The maximum absolute atomic E-state index is 11.6. The molecule has 74 valence electrons. The molecule has 2 nitrogen and oxygen atoms in total. The van der Waals surface area contributed by atoms with Gasteiger partial charge >= 0.3 is 0 Å². The molecule has 0 radical (unpaired) electrons. The second-order valence-corrected chi connectivity index (χ2v) is 6.34. The van der Waals surface area contributed by atoms with E-state index in [4.69, 9.17) is 4.78 Å². The van der Waals surface area contributed by atoms with E-state index in [0.29, 0.717) is 23.3 Å². The van der Waals surface area contributed by atoms with E-state index in [-0.39, 0.29) is 0 Å². The van der Waals surface area contributed by atoms with Gasteiger partial charge in [0.25, 0.3) is 0 Å². The molecule has 0 amide bonds. The van der Waals surface area contributed by atoms with Crippen molar-refractivity contribution in [3.63, 3.8) is 0 Å². The summed E-state index contributed by atoms with van der Waals surface area (Å²) < 4.78 is 19.3. The van der Waals surface area contributed by atoms with E-state index in [1.54, 1.807) is 0 Å². The quantitative estimate of drug-likeness (QED) is 0.713. The molecule has 0 aliphatic carbocycles. The van der Waals surface area contributed by atoms with Crippen molar-refractivity contribution in [3.8, 4) is 0 Å². The molecule has 0 aliphatic heterocycles. The molecule has 0 aromatic carbocycles. The van der Waals surface area contributed by atoms with Gasteiger partial charge in [0.15, 0.2) is 0 Å². The van der Waals surface area contributed by atoms with Gasteiger partial charge in [0.2, 0.25) is 0 Å². The van der Waals surface area contributed by atoms with Crippen LogP contribution < -0.4 is 0 Å². The molecule has 2 atom stereocenters. The number of rotatable bonds is 5. The summed E-state index contributed by atoms with van der Waals surface area (Å²) >= 11 is 0. The van der Waals surface area contributed by atoms with Crippen LogP contribution in [0.25, 0.3) is 0 Å². The van der Waals surface area contributed by atoms with Crippen molar-refractivity contribution in [1.82, 2.24) is 0 Å². The fraction of sp³-hybridized carbons (Fsp3) is 1.00. The summed E-state index contributed by atoms with van der Waals surface area (Å²) in [7, 11) is -2.29. The summed E-state index contributed by atoms with van der Waals surface area (Å²) in [6.45, 7) is 8.18. The van der Waals surface area contributed by atoms with E-state index in [9.17, 15) is 4.21 Å². The van der Waals surface area contributed by atoms with Gasteiger partial charge in [0, 0.05) is 21.2 Å². The maximum atomic E-state index is 11.6. The SMILES string of the molecule is CC[C@H](C)C[S@@](=N)(=O)CC(C)C. The molecule has 0 saturated heterocycles. The van der Waals surface area contributed by atoms with E-state index in [0.717, 1.165) is 6.42 Å². The Balaban J connectivity index is 4.05. The standard InChI is InChI=1S/C9H21NOS/c1-5-9(4)7-12(10,11)6-8(2)3/h8-10H,5-7H2,1-4H3/t9-,12-/m0/s1. The Morgan fingerprint density at radius 1 is 1.25 bits per heavy atom. The van der Waals surface area contributed by atoms with Crippen LogP contribution >= 0.6 is 0 Å². The minimum absolute atomic E-state index is 0.374. The molecule has 0 saturated carbocycles. The first-order chi connectivity index (χ1) is 5.37. The van der Waals surface area contributed by atoms with E-state index in [1.807, 2.05) is 13.8 Å². The average molecular weight is 191 g/mol. The van der Waals surface area contributed by atoms with E-state index >= 15 is 0 Å². The van der Waals surface area contributed by atoms with Crippen molar-refractivity contribution in [3.05, 3.63) is 0 Å². The van der Waals surface area contributed by atoms with Crippen molar-refractivity contribution >= 4 is 9.73 Å². The van der Waals surface area contributed by atoms with Gasteiger partial charge in [0.1, 0.15) is 0 Å². The third-order valence-corrected chi connectivity index (χ3v) is 4.17. The molecule has 0 aromatic heterocycles. The Bertz CT molecular complexity index is 207. The topological polar surface area (TPSA) is 40.9 Å². The highest BCUT2D eigenvalue weighted by molar-refractivity contribution is 7.92. The van der Waals surface area contributed by atoms with Gasteiger partial charge in [-0.15, -0.1) is 0 Å². The van der Waals surface area contributed by atoms with Crippen molar-refractivity contribution in [2.45, 2.75) is 34.1 Å². The second-order valence-electron chi connectivity index (χ2n) is 4.05. The zero-order valence-electron chi connectivity index (χ0n) is 8.59. The summed E-state index contributed by atoms with van der Waals surface area (Å²) in [5, 5.41) is 0. The van der Waals surface area contributed by atoms with E-state index in [1.165, 1.54) is 0 Å². The highest BCUT2D eigenvalue weighted by Crippen LogP contribution is 2.09. The lowest BCUT2D eigenvalue weighted by molar-refractivity contribution is 0.602. The van der Waals surface area contributed by atoms with Gasteiger partial charge in [-0.3, -0.25) is 4.78 Å². The summed E-state index contributed by atoms with van der Waals surface area (Å²) in [5.74, 6) is 1.92. The monoisotopic (exact) mass is 191 g/mol. The number of nitrogens with one attached hydrogen (secondary N) is 1. The van der Waals surface area contributed by atoms with E-state index in [2.05, 4.69) is 13.8 Å². The molecule has 0 aromatic rings. The first-order valence-corrected chi connectivity index (χ1v) is 6.51. The minimum Gasteiger partial charge on any atom is -0.253 e. The van der Waals surface area contributed by atoms with Crippen LogP contribution in [0.2, 0.25) is 0 Å². The lowest BCUT2D eigenvalue weighted by Crippen LogP contribution is -2.18. The first-order valence-electron chi connectivity index (χ1n) is 4.61. The Hall–Kier alpha value is -0.0500. The fourth-order valence-electron chi connectivity index (χ4n) is 1.18. The zero-order valence-corrected chi connectivity index (χ0v) is 9.41. The largest absolute Gasteiger partial charge is 0.253 e. The Morgan fingerprint density at radius 2 is 1.75 bits per heavy atom. The van der Waals surface area contributed by atoms with Crippen molar-refractivity contribution in [2.24, 2.45) is 11.8 Å². The molecule has 0 aliphatic rings. The van der Waals surface area contributed by atoms with Crippen LogP contribution in [-0.2, 0) is 9.73 Å². The molecule has 1 N–H and O–H groups in total. The zero-order chi connectivity index (χ0) is 9.78. The van der Waals surface area contributed by atoms with Crippen LogP contribution in [0.15, 0.2) is 0 Å². The van der Waals surface area contributed by atoms with Gasteiger partial charge in [-0.1, -0.05) is 34.1 Å². The molecular formula is C9H21NOS. The first kappa shape index (κ1) is 11.9. The van der Waals surface area contributed by atoms with Gasteiger partial charge in [0.05, 0.1) is 0 Å². The number of hydrogen-bond donors (Lipinski definition) is 1. The van der Waals surface area contributed by atoms with Crippen molar-refractivity contribution < 1.29 is 4.21 Å². The molecule has 0 unspecified atom stereocenters. The molecule has 12 heavy (non-hydrogen) atoms. The van der Waals surface area contributed by atoms with E-state index < -0.39 is 9.73 Å². The molecule has 3 heteroatoms. The summed E-state index contributed by atoms with van der Waals surface area (Å²) in [4.78, 5) is 0. The van der Waals surface area contributed by atoms with Gasteiger partial charge < -0.3 is 0 Å². The second kappa shape index (κ2) is 4.85. The van der Waals surface area contributed by atoms with Crippen LogP contribution in [0.5, 0.6) is 0 Å². The lowest BCUT2D eigenvalue weighted by Gasteiger charge is -2.13. The fourth-order valence-corrected chi connectivity index (χ4v) is 3.55. The van der Waals surface area contributed by atoms with Crippen molar-refractivity contribution in [2.75, 3.05) is 11.5 Å². The van der Waals surface area contributed by atoms with Crippen LogP contribution in [0, 0.1) is 16.6 Å². The molecule has 0 heterocycles. The lowest BCUT2D eigenvalue weighted by atomic mass is 10.2. The average Bonchev–Trinajstić information content (AvgIpc) is 1.83. The van der Waals surface area contributed by atoms with Gasteiger partial charge in [-0.25, -0.2) is 4.21 Å². The predicted octanol–water partition coefficient (Wildman–Crippen LogP) is 2.74. The smallest absolute Gasteiger partial charge is 0.0446 e. The molecule has 0 bridgehead atoms. The highest BCUT2D eigenvalue weighted by atomic mass is 32.2. The third-order valence-electron chi connectivity index (χ3n) is 1.85. The van der Waals surface area contributed by atoms with Crippen LogP contribution in [0.3, 0.4) is 0 Å². The van der Waals surface area contributed by atoms with Crippen LogP contribution in [-0.4, -0.2) is 15.7 Å². The van der Waals surface area contributed by atoms with Gasteiger partial charge in [-0.2, -0.15) is 0 Å². The Labute approximate surface area is 76.7 Å². The Kier molecular flexibility index (Phi) is 4.83. The maximum Gasteiger partial charge on any atom is 0.0446 e. The van der Waals surface area contributed by atoms with Crippen molar-refractivity contribution in [1.29, 1.82) is 4.78 Å². The summed E-state index contributed by atoms with van der Waals surface area (Å²) in [5.41, 5.74) is 0. The predicted molar refractivity (Wildman–Crippen MR) is 54.9 cm³/mol. The molecule has 0 fully saturated rings. The number of hydrogen-bond acceptors (Lipinski definition) is 2. The third kappa shape index (κ3) is 5.58. The Morgan fingerprint density at radius 3 is 2.08 bits per heavy atom. The van der Waals surface area contributed by atoms with Crippen LogP contribution in [0.1, 0.15) is 34.1 Å². The molecular weight excluding hydrogens is 170 g/mol. The van der Waals surface area contributed by atoms with Gasteiger partial charge in [-0.05, 0) is 11.8 Å². The molecule has 0 rings (SSSR count). The minimum atomic E-state index is -2.29. The summed E-state index contributed by atoms with van der Waals surface area (Å²) in [6.07, 6.45) is 1.02. The summed E-state index contributed by atoms with van der Waals surface area (Å²) in [6, 6.07) is 0.